The molecule has 24 heavy (non-hydrogen) atoms. The quantitative estimate of drug-likeness (QED) is 0.714. The van der Waals surface area contributed by atoms with Gasteiger partial charge in [0.25, 0.3) is 0 Å². The smallest absolute Gasteiger partial charge is 0.245 e. The number of nitrogens with zero attached hydrogens (tertiary/aromatic N) is 2. The fourth-order valence-electron chi connectivity index (χ4n) is 3.80. The zero-order valence-corrected chi connectivity index (χ0v) is 14.2. The lowest BCUT2D eigenvalue weighted by molar-refractivity contribution is 0.0842. The van der Waals surface area contributed by atoms with Crippen molar-refractivity contribution < 1.29 is 4.79 Å². The fraction of sp³-hybridized carbons (Fsp3) is 0.286. The summed E-state index contributed by atoms with van der Waals surface area (Å²) in [5, 5.41) is 1.17. The van der Waals surface area contributed by atoms with Crippen LogP contribution in [0.15, 0.2) is 48.5 Å². The molecule has 0 atom stereocenters. The summed E-state index contributed by atoms with van der Waals surface area (Å²) >= 11 is 0. The Labute approximate surface area is 142 Å². The van der Waals surface area contributed by atoms with Crippen molar-refractivity contribution in [1.82, 2.24) is 9.47 Å². The fourth-order valence-corrected chi connectivity index (χ4v) is 3.80. The van der Waals surface area contributed by atoms with Gasteiger partial charge in [0.15, 0.2) is 0 Å². The number of rotatable bonds is 2. The van der Waals surface area contributed by atoms with Crippen molar-refractivity contribution in [3.63, 3.8) is 0 Å². The van der Waals surface area contributed by atoms with E-state index in [0.29, 0.717) is 6.54 Å². The predicted octanol–water partition coefficient (Wildman–Crippen LogP) is 3.96. The highest BCUT2D eigenvalue weighted by Gasteiger charge is 2.21. The average molecular weight is 318 g/mol. The van der Waals surface area contributed by atoms with Crippen LogP contribution in [0.2, 0.25) is 0 Å². The van der Waals surface area contributed by atoms with Gasteiger partial charge in [-0.3, -0.25) is 14.3 Å². The van der Waals surface area contributed by atoms with Gasteiger partial charge in [0.05, 0.1) is 12.1 Å². The Hall–Kier alpha value is -2.39. The van der Waals surface area contributed by atoms with Crippen LogP contribution < -0.4 is 0 Å². The standard InChI is InChI=1S/C21H22N2O/c1-15-16(2)23(20-10-6-5-9-19(15)20)21(24)14-22-12-11-17-7-3-4-8-18(17)13-22/h3-10H,11-14H2,1-2H3. The zero-order chi connectivity index (χ0) is 16.7. The predicted molar refractivity (Wildman–Crippen MR) is 97.5 cm³/mol. The lowest BCUT2D eigenvalue weighted by Gasteiger charge is -2.28. The third kappa shape index (κ3) is 2.45. The maximum absolute atomic E-state index is 13.0. The molecule has 0 radical (unpaired) electrons. The number of carbonyl (C=O) groups is 1. The molecule has 3 aromatic rings. The molecule has 0 amide bonds. The molecule has 0 saturated heterocycles. The van der Waals surface area contributed by atoms with Gasteiger partial charge < -0.3 is 0 Å². The minimum absolute atomic E-state index is 0.163. The molecule has 1 aliphatic heterocycles. The Morgan fingerprint density at radius 3 is 2.54 bits per heavy atom. The van der Waals surface area contributed by atoms with Crippen LogP contribution in [0.3, 0.4) is 0 Å². The summed E-state index contributed by atoms with van der Waals surface area (Å²) in [4.78, 5) is 15.3. The number of aryl methyl sites for hydroxylation is 1. The van der Waals surface area contributed by atoms with Crippen molar-refractivity contribution in [1.29, 1.82) is 0 Å². The van der Waals surface area contributed by atoms with E-state index >= 15 is 0 Å². The van der Waals surface area contributed by atoms with E-state index in [9.17, 15) is 4.79 Å². The van der Waals surface area contributed by atoms with E-state index in [1.54, 1.807) is 0 Å². The number of hydrogen-bond acceptors (Lipinski definition) is 2. The highest BCUT2D eigenvalue weighted by molar-refractivity contribution is 5.96. The molecule has 0 unspecified atom stereocenters. The van der Waals surface area contributed by atoms with Crippen LogP contribution in [0.4, 0.5) is 0 Å². The molecular formula is C21H22N2O. The number of fused-ring (bicyclic) bond motifs is 2. The minimum Gasteiger partial charge on any atom is -0.290 e. The van der Waals surface area contributed by atoms with Crippen LogP contribution in [0, 0.1) is 13.8 Å². The van der Waals surface area contributed by atoms with Gasteiger partial charge in [-0.05, 0) is 43.0 Å². The third-order valence-electron chi connectivity index (χ3n) is 5.25. The van der Waals surface area contributed by atoms with E-state index in [1.165, 1.54) is 22.1 Å². The Kier molecular flexibility index (Phi) is 3.73. The lowest BCUT2D eigenvalue weighted by atomic mass is 10.00. The normalized spacial score (nSPS) is 14.8. The molecule has 1 aromatic heterocycles. The molecule has 2 heterocycles. The molecule has 122 valence electrons. The number of carbonyl (C=O) groups excluding carboxylic acids is 1. The van der Waals surface area contributed by atoms with Gasteiger partial charge in [-0.2, -0.15) is 0 Å². The van der Waals surface area contributed by atoms with Gasteiger partial charge in [-0.25, -0.2) is 0 Å². The van der Waals surface area contributed by atoms with Crippen LogP contribution in [0.25, 0.3) is 10.9 Å². The molecule has 0 aliphatic carbocycles. The van der Waals surface area contributed by atoms with E-state index in [2.05, 4.69) is 42.2 Å². The Bertz CT molecular complexity index is 923. The molecular weight excluding hydrogens is 296 g/mol. The monoisotopic (exact) mass is 318 g/mol. The lowest BCUT2D eigenvalue weighted by Crippen LogP contribution is -2.36. The van der Waals surface area contributed by atoms with Gasteiger partial charge >= 0.3 is 0 Å². The van der Waals surface area contributed by atoms with Crippen molar-refractivity contribution in [2.24, 2.45) is 0 Å². The summed E-state index contributed by atoms with van der Waals surface area (Å²) < 4.78 is 1.89. The van der Waals surface area contributed by atoms with Crippen molar-refractivity contribution in [3.8, 4) is 0 Å². The second-order valence-corrected chi connectivity index (χ2v) is 6.69. The van der Waals surface area contributed by atoms with Gasteiger partial charge in [-0.1, -0.05) is 42.5 Å². The first-order valence-electron chi connectivity index (χ1n) is 8.54. The molecule has 0 spiro atoms. The Morgan fingerprint density at radius 1 is 1.00 bits per heavy atom. The Balaban J connectivity index is 1.61. The number of aromatic nitrogens is 1. The second kappa shape index (κ2) is 5.91. The van der Waals surface area contributed by atoms with Crippen molar-refractivity contribution in [2.75, 3.05) is 13.1 Å². The highest BCUT2D eigenvalue weighted by Crippen LogP contribution is 2.25. The van der Waals surface area contributed by atoms with Gasteiger partial charge in [-0.15, -0.1) is 0 Å². The number of benzene rings is 2. The van der Waals surface area contributed by atoms with Gasteiger partial charge in [0, 0.05) is 24.2 Å². The van der Waals surface area contributed by atoms with Crippen LogP contribution >= 0.6 is 0 Å². The highest BCUT2D eigenvalue weighted by atomic mass is 16.2. The van der Waals surface area contributed by atoms with Crippen molar-refractivity contribution in [2.45, 2.75) is 26.8 Å². The maximum atomic E-state index is 13.0. The Morgan fingerprint density at radius 2 is 1.71 bits per heavy atom. The molecule has 3 nitrogen and oxygen atoms in total. The molecule has 0 N–H and O–H groups in total. The average Bonchev–Trinajstić information content (AvgIpc) is 2.86. The van der Waals surface area contributed by atoms with Crippen molar-refractivity contribution in [3.05, 3.63) is 70.9 Å². The first kappa shape index (κ1) is 15.2. The summed E-state index contributed by atoms with van der Waals surface area (Å²) in [7, 11) is 0. The molecule has 0 fully saturated rings. The summed E-state index contributed by atoms with van der Waals surface area (Å²) in [6.07, 6.45) is 1.02. The largest absolute Gasteiger partial charge is 0.290 e. The van der Waals surface area contributed by atoms with Crippen LogP contribution in [-0.4, -0.2) is 28.5 Å². The first-order valence-corrected chi connectivity index (χ1v) is 8.54. The van der Waals surface area contributed by atoms with E-state index in [4.69, 9.17) is 0 Å². The van der Waals surface area contributed by atoms with Crippen LogP contribution in [0.1, 0.15) is 27.2 Å². The molecule has 0 saturated carbocycles. The van der Waals surface area contributed by atoms with Crippen LogP contribution in [-0.2, 0) is 13.0 Å². The topological polar surface area (TPSA) is 25.2 Å². The van der Waals surface area contributed by atoms with Gasteiger partial charge in [0.1, 0.15) is 0 Å². The molecule has 1 aliphatic rings. The summed E-state index contributed by atoms with van der Waals surface area (Å²) in [6.45, 7) is 6.41. The summed E-state index contributed by atoms with van der Waals surface area (Å²) in [6, 6.07) is 16.7. The first-order chi connectivity index (χ1) is 11.6. The summed E-state index contributed by atoms with van der Waals surface area (Å²) in [5.41, 5.74) is 6.04. The maximum Gasteiger partial charge on any atom is 0.245 e. The van der Waals surface area contributed by atoms with Crippen LogP contribution in [0.5, 0.6) is 0 Å². The van der Waals surface area contributed by atoms with E-state index in [0.717, 1.165) is 30.7 Å². The molecule has 0 bridgehead atoms. The van der Waals surface area contributed by atoms with E-state index in [1.807, 2.05) is 29.7 Å². The molecule has 2 aromatic carbocycles. The van der Waals surface area contributed by atoms with Gasteiger partial charge in [0.2, 0.25) is 5.91 Å². The zero-order valence-electron chi connectivity index (χ0n) is 14.2. The second-order valence-electron chi connectivity index (χ2n) is 6.69. The van der Waals surface area contributed by atoms with Crippen molar-refractivity contribution >= 4 is 16.8 Å². The number of hydrogen-bond donors (Lipinski definition) is 0. The summed E-state index contributed by atoms with van der Waals surface area (Å²) in [5.74, 6) is 0.163. The molecule has 3 heteroatoms. The van der Waals surface area contributed by atoms with E-state index in [-0.39, 0.29) is 5.91 Å². The third-order valence-corrected chi connectivity index (χ3v) is 5.25. The number of para-hydroxylation sites is 1. The van der Waals surface area contributed by atoms with E-state index < -0.39 is 0 Å². The minimum atomic E-state index is 0.163. The SMILES string of the molecule is Cc1c(C)n(C(=O)CN2CCc3ccccc3C2)c2ccccc12. The molecule has 4 rings (SSSR count).